The van der Waals surface area contributed by atoms with Crippen LogP contribution in [0.4, 0.5) is 5.69 Å². The lowest BCUT2D eigenvalue weighted by atomic mass is 10.1. The Morgan fingerprint density at radius 1 is 1.11 bits per heavy atom. The summed E-state index contributed by atoms with van der Waals surface area (Å²) in [5, 5.41) is 2.70. The first kappa shape index (κ1) is 19.4. The van der Waals surface area contributed by atoms with Crippen LogP contribution in [-0.4, -0.2) is 28.7 Å². The standard InChI is InChI=1S/C22H23N3O3/c1-2-20(26)24-18-8-4-5-15(12-18)13-21(27)25(19-9-10-19)14-16-6-3-7-17(11-16)22(23)28/h2-8,11-12,19H,1,9-10,13-14H2,(H2,23,28)(H,24,26). The van der Waals surface area contributed by atoms with Crippen LogP contribution in [-0.2, 0) is 22.6 Å². The smallest absolute Gasteiger partial charge is 0.248 e. The normalized spacial score (nSPS) is 12.9. The molecule has 1 aliphatic carbocycles. The fourth-order valence-electron chi connectivity index (χ4n) is 3.06. The second kappa shape index (κ2) is 8.52. The number of rotatable bonds is 8. The largest absolute Gasteiger partial charge is 0.366 e. The van der Waals surface area contributed by atoms with Gasteiger partial charge in [-0.25, -0.2) is 0 Å². The monoisotopic (exact) mass is 377 g/mol. The maximum absolute atomic E-state index is 12.9. The van der Waals surface area contributed by atoms with Gasteiger partial charge in [0.1, 0.15) is 0 Å². The average Bonchev–Trinajstić information content (AvgIpc) is 3.51. The van der Waals surface area contributed by atoms with E-state index in [1.54, 1.807) is 36.4 Å². The van der Waals surface area contributed by atoms with Crippen LogP contribution in [0, 0.1) is 0 Å². The molecule has 2 aromatic carbocycles. The zero-order chi connectivity index (χ0) is 20.1. The SMILES string of the molecule is C=CC(=O)Nc1cccc(CC(=O)N(Cc2cccc(C(N)=O)c2)C2CC2)c1. The lowest BCUT2D eigenvalue weighted by molar-refractivity contribution is -0.131. The molecule has 0 spiro atoms. The van der Waals surface area contributed by atoms with Gasteiger partial charge in [-0.2, -0.15) is 0 Å². The molecule has 3 N–H and O–H groups in total. The number of nitrogens with zero attached hydrogens (tertiary/aromatic N) is 1. The third-order valence-corrected chi connectivity index (χ3v) is 4.61. The summed E-state index contributed by atoms with van der Waals surface area (Å²) in [6, 6.07) is 14.5. The number of primary amides is 1. The maximum atomic E-state index is 12.9. The van der Waals surface area contributed by atoms with Gasteiger partial charge in [0.25, 0.3) is 0 Å². The van der Waals surface area contributed by atoms with Crippen LogP contribution in [0.3, 0.4) is 0 Å². The number of carbonyl (C=O) groups is 3. The van der Waals surface area contributed by atoms with Crippen LogP contribution >= 0.6 is 0 Å². The van der Waals surface area contributed by atoms with Crippen molar-refractivity contribution in [3.63, 3.8) is 0 Å². The molecule has 3 rings (SSSR count). The first-order chi connectivity index (χ1) is 13.5. The predicted octanol–water partition coefficient (Wildman–Crippen LogP) is 2.64. The zero-order valence-electron chi connectivity index (χ0n) is 15.6. The molecule has 28 heavy (non-hydrogen) atoms. The van der Waals surface area contributed by atoms with E-state index in [0.717, 1.165) is 24.0 Å². The van der Waals surface area contributed by atoms with Crippen molar-refractivity contribution in [2.75, 3.05) is 5.32 Å². The zero-order valence-corrected chi connectivity index (χ0v) is 15.6. The molecule has 6 heteroatoms. The van der Waals surface area contributed by atoms with Crippen LogP contribution in [0.15, 0.2) is 61.2 Å². The Morgan fingerprint density at radius 3 is 2.50 bits per heavy atom. The maximum Gasteiger partial charge on any atom is 0.248 e. The van der Waals surface area contributed by atoms with Gasteiger partial charge in [-0.1, -0.05) is 30.8 Å². The fourth-order valence-corrected chi connectivity index (χ4v) is 3.06. The van der Waals surface area contributed by atoms with Crippen molar-refractivity contribution >= 4 is 23.4 Å². The summed E-state index contributed by atoms with van der Waals surface area (Å²) < 4.78 is 0. The van der Waals surface area contributed by atoms with E-state index in [2.05, 4.69) is 11.9 Å². The Balaban J connectivity index is 1.71. The van der Waals surface area contributed by atoms with E-state index in [0.29, 0.717) is 17.8 Å². The molecule has 3 amide bonds. The van der Waals surface area contributed by atoms with Crippen LogP contribution in [0.25, 0.3) is 0 Å². The minimum absolute atomic E-state index is 0.0131. The molecule has 0 radical (unpaired) electrons. The number of anilines is 1. The third kappa shape index (κ3) is 5.07. The number of carbonyl (C=O) groups excluding carboxylic acids is 3. The van der Waals surface area contributed by atoms with E-state index in [1.807, 2.05) is 17.0 Å². The van der Waals surface area contributed by atoms with Crippen molar-refractivity contribution in [3.05, 3.63) is 77.9 Å². The lowest BCUT2D eigenvalue weighted by Gasteiger charge is -2.23. The summed E-state index contributed by atoms with van der Waals surface area (Å²) in [5.41, 5.74) is 8.12. The highest BCUT2D eigenvalue weighted by Gasteiger charge is 2.32. The molecule has 0 bridgehead atoms. The molecule has 0 aliphatic heterocycles. The van der Waals surface area contributed by atoms with Gasteiger partial charge < -0.3 is 16.0 Å². The van der Waals surface area contributed by atoms with Gasteiger partial charge in [0.15, 0.2) is 0 Å². The van der Waals surface area contributed by atoms with Crippen molar-refractivity contribution in [1.82, 2.24) is 4.90 Å². The molecule has 1 fully saturated rings. The van der Waals surface area contributed by atoms with Gasteiger partial charge in [-0.05, 0) is 54.3 Å². The van der Waals surface area contributed by atoms with Gasteiger partial charge in [0.05, 0.1) is 6.42 Å². The quantitative estimate of drug-likeness (QED) is 0.693. The molecule has 0 saturated heterocycles. The van der Waals surface area contributed by atoms with E-state index in [9.17, 15) is 14.4 Å². The predicted molar refractivity (Wildman–Crippen MR) is 108 cm³/mol. The molecule has 0 heterocycles. The molecule has 0 unspecified atom stereocenters. The van der Waals surface area contributed by atoms with Gasteiger partial charge in [-0.15, -0.1) is 0 Å². The number of hydrogen-bond acceptors (Lipinski definition) is 3. The Kier molecular flexibility index (Phi) is 5.89. The lowest BCUT2D eigenvalue weighted by Crippen LogP contribution is -2.34. The first-order valence-corrected chi connectivity index (χ1v) is 9.17. The molecule has 0 aromatic heterocycles. The average molecular weight is 377 g/mol. The van der Waals surface area contributed by atoms with E-state index < -0.39 is 5.91 Å². The van der Waals surface area contributed by atoms with Crippen molar-refractivity contribution in [1.29, 1.82) is 0 Å². The Morgan fingerprint density at radius 2 is 1.82 bits per heavy atom. The number of nitrogens with one attached hydrogen (secondary N) is 1. The summed E-state index contributed by atoms with van der Waals surface area (Å²) in [4.78, 5) is 37.7. The van der Waals surface area contributed by atoms with Gasteiger partial charge in [0, 0.05) is 23.8 Å². The highest BCUT2D eigenvalue weighted by Crippen LogP contribution is 2.29. The Bertz CT molecular complexity index is 919. The van der Waals surface area contributed by atoms with E-state index in [1.165, 1.54) is 6.08 Å². The Hall–Kier alpha value is -3.41. The molecule has 1 saturated carbocycles. The first-order valence-electron chi connectivity index (χ1n) is 9.17. The van der Waals surface area contributed by atoms with Crippen LogP contribution in [0.2, 0.25) is 0 Å². The summed E-state index contributed by atoms with van der Waals surface area (Å²) in [5.74, 6) is -0.763. The summed E-state index contributed by atoms with van der Waals surface area (Å²) in [6.45, 7) is 3.87. The topological polar surface area (TPSA) is 92.5 Å². The highest BCUT2D eigenvalue weighted by atomic mass is 16.2. The minimum atomic E-state index is -0.482. The molecule has 144 valence electrons. The second-order valence-corrected chi connectivity index (χ2v) is 6.89. The highest BCUT2D eigenvalue weighted by molar-refractivity contribution is 5.99. The second-order valence-electron chi connectivity index (χ2n) is 6.89. The molecule has 1 aliphatic rings. The number of nitrogens with two attached hydrogens (primary N) is 1. The molecular formula is C22H23N3O3. The minimum Gasteiger partial charge on any atom is -0.366 e. The van der Waals surface area contributed by atoms with Gasteiger partial charge in [-0.3, -0.25) is 14.4 Å². The van der Waals surface area contributed by atoms with Crippen LogP contribution in [0.1, 0.15) is 34.3 Å². The van der Waals surface area contributed by atoms with Crippen molar-refractivity contribution in [2.45, 2.75) is 31.8 Å². The molecule has 6 nitrogen and oxygen atoms in total. The molecule has 2 aromatic rings. The summed E-state index contributed by atoms with van der Waals surface area (Å²) >= 11 is 0. The summed E-state index contributed by atoms with van der Waals surface area (Å²) in [7, 11) is 0. The van der Waals surface area contributed by atoms with Crippen molar-refractivity contribution in [3.8, 4) is 0 Å². The van der Waals surface area contributed by atoms with E-state index >= 15 is 0 Å². The van der Waals surface area contributed by atoms with Gasteiger partial charge in [0.2, 0.25) is 17.7 Å². The number of amides is 3. The van der Waals surface area contributed by atoms with E-state index in [4.69, 9.17) is 5.73 Å². The van der Waals surface area contributed by atoms with Crippen LogP contribution < -0.4 is 11.1 Å². The van der Waals surface area contributed by atoms with E-state index in [-0.39, 0.29) is 24.3 Å². The fraction of sp³-hybridized carbons (Fsp3) is 0.227. The van der Waals surface area contributed by atoms with Crippen LogP contribution in [0.5, 0.6) is 0 Å². The molecule has 0 atom stereocenters. The third-order valence-electron chi connectivity index (χ3n) is 4.61. The summed E-state index contributed by atoms with van der Waals surface area (Å²) in [6.07, 6.45) is 3.41. The molecular weight excluding hydrogens is 354 g/mol. The van der Waals surface area contributed by atoms with Crippen molar-refractivity contribution in [2.24, 2.45) is 5.73 Å². The number of benzene rings is 2. The number of hydrogen-bond donors (Lipinski definition) is 2. The van der Waals surface area contributed by atoms with Gasteiger partial charge >= 0.3 is 0 Å². The Labute approximate surface area is 164 Å². The van der Waals surface area contributed by atoms with Crippen molar-refractivity contribution < 1.29 is 14.4 Å².